The fourth-order valence-electron chi connectivity index (χ4n) is 5.12. The van der Waals surface area contributed by atoms with Gasteiger partial charge in [-0.25, -0.2) is 0 Å². The van der Waals surface area contributed by atoms with E-state index in [1.807, 2.05) is 6.08 Å². The minimum Gasteiger partial charge on any atom is -0.435 e. The number of rotatable bonds is 4. The van der Waals surface area contributed by atoms with Crippen molar-refractivity contribution in [3.05, 3.63) is 24.3 Å². The minimum atomic E-state index is -0.743. The fraction of sp³-hybridized carbons (Fsp3) is 0.714. The van der Waals surface area contributed by atoms with Gasteiger partial charge in [-0.3, -0.25) is 9.59 Å². The summed E-state index contributed by atoms with van der Waals surface area (Å²) in [5, 5.41) is 0. The molecule has 0 aromatic carbocycles. The number of carbonyl (C=O) groups excluding carboxylic acids is 2. The zero-order valence-electron chi connectivity index (χ0n) is 16.2. The molecule has 0 spiro atoms. The molecule has 3 rings (SSSR count). The van der Waals surface area contributed by atoms with Gasteiger partial charge >= 0.3 is 11.9 Å². The first kappa shape index (κ1) is 19.2. The van der Waals surface area contributed by atoms with Gasteiger partial charge in [-0.15, -0.1) is 0 Å². The molecule has 3 fully saturated rings. The molecule has 1 saturated carbocycles. The van der Waals surface area contributed by atoms with Crippen LogP contribution in [0.4, 0.5) is 0 Å². The molecule has 5 nitrogen and oxygen atoms in total. The van der Waals surface area contributed by atoms with Crippen LogP contribution in [0.1, 0.15) is 59.8 Å². The highest BCUT2D eigenvalue weighted by Gasteiger charge is 2.54. The van der Waals surface area contributed by atoms with E-state index in [0.717, 1.165) is 18.4 Å². The Morgan fingerprint density at radius 3 is 2.65 bits per heavy atom. The molecule has 3 aliphatic rings. The van der Waals surface area contributed by atoms with E-state index in [-0.39, 0.29) is 29.6 Å². The Kier molecular flexibility index (Phi) is 5.04. The average molecular weight is 362 g/mol. The molecule has 0 amide bonds. The van der Waals surface area contributed by atoms with Crippen molar-refractivity contribution in [3.63, 3.8) is 0 Å². The van der Waals surface area contributed by atoms with E-state index >= 15 is 0 Å². The van der Waals surface area contributed by atoms with Gasteiger partial charge in [0, 0.05) is 12.8 Å². The van der Waals surface area contributed by atoms with Crippen molar-refractivity contribution in [1.82, 2.24) is 0 Å². The van der Waals surface area contributed by atoms with Crippen molar-refractivity contribution in [2.24, 2.45) is 22.7 Å². The molecule has 0 radical (unpaired) electrons. The Labute approximate surface area is 155 Å². The molecule has 5 heteroatoms. The Morgan fingerprint density at radius 1 is 1.31 bits per heavy atom. The number of fused-ring (bicyclic) bond motifs is 2. The van der Waals surface area contributed by atoms with Gasteiger partial charge in [-0.2, -0.15) is 0 Å². The summed E-state index contributed by atoms with van der Waals surface area (Å²) in [7, 11) is 0. The number of allylic oxidation sites excluding steroid dienone is 2. The normalized spacial score (nSPS) is 39.2. The quantitative estimate of drug-likeness (QED) is 0.556. The Bertz CT molecular complexity index is 634. The predicted octanol–water partition coefficient (Wildman–Crippen LogP) is 4.13. The van der Waals surface area contributed by atoms with Crippen molar-refractivity contribution >= 4 is 11.9 Å². The maximum absolute atomic E-state index is 11.9. The average Bonchev–Trinajstić information content (AvgIpc) is 2.71. The molecule has 0 aromatic rings. The van der Waals surface area contributed by atoms with E-state index in [0.29, 0.717) is 5.41 Å². The van der Waals surface area contributed by atoms with E-state index in [9.17, 15) is 9.59 Å². The zero-order valence-corrected chi connectivity index (χ0v) is 16.2. The first-order valence-corrected chi connectivity index (χ1v) is 9.50. The Balaban J connectivity index is 1.88. The molecule has 144 valence electrons. The monoisotopic (exact) mass is 362 g/mol. The third kappa shape index (κ3) is 3.88. The topological polar surface area (TPSA) is 61.8 Å². The van der Waals surface area contributed by atoms with Gasteiger partial charge in [-0.05, 0) is 35.7 Å². The molecule has 5 atom stereocenters. The second kappa shape index (κ2) is 6.84. The van der Waals surface area contributed by atoms with Crippen LogP contribution in [0, 0.1) is 22.7 Å². The highest BCUT2D eigenvalue weighted by atomic mass is 16.8. The molecule has 0 aromatic heterocycles. The maximum Gasteiger partial charge on any atom is 0.308 e. The van der Waals surface area contributed by atoms with Crippen molar-refractivity contribution in [2.75, 3.05) is 0 Å². The van der Waals surface area contributed by atoms with Crippen molar-refractivity contribution in [3.8, 4) is 0 Å². The molecule has 2 aliphatic heterocycles. The minimum absolute atomic E-state index is 0.0725. The molecule has 1 unspecified atom stereocenters. The lowest BCUT2D eigenvalue weighted by molar-refractivity contribution is -0.206. The Hall–Kier alpha value is -1.62. The third-order valence-corrected chi connectivity index (χ3v) is 5.92. The lowest BCUT2D eigenvalue weighted by Crippen LogP contribution is -2.36. The second-order valence-electron chi connectivity index (χ2n) is 9.06. The summed E-state index contributed by atoms with van der Waals surface area (Å²) >= 11 is 0. The summed E-state index contributed by atoms with van der Waals surface area (Å²) in [5.41, 5.74) is 1.41. The Morgan fingerprint density at radius 2 is 2.04 bits per heavy atom. The molecule has 1 aliphatic carbocycles. The number of carbonyl (C=O) groups is 2. The summed E-state index contributed by atoms with van der Waals surface area (Å²) in [6.45, 7) is 12.3. The largest absolute Gasteiger partial charge is 0.435 e. The van der Waals surface area contributed by atoms with Gasteiger partial charge in [0.05, 0.1) is 12.3 Å². The van der Waals surface area contributed by atoms with E-state index < -0.39 is 18.5 Å². The third-order valence-electron chi connectivity index (χ3n) is 5.92. The molecular formula is C21H30O5. The molecular weight excluding hydrogens is 332 g/mol. The van der Waals surface area contributed by atoms with Crippen LogP contribution in [0.25, 0.3) is 0 Å². The number of ether oxygens (including phenoxy) is 3. The maximum atomic E-state index is 11.9. The molecule has 0 N–H and O–H groups in total. The van der Waals surface area contributed by atoms with Gasteiger partial charge in [0.25, 0.3) is 0 Å². The number of hydrogen-bond acceptors (Lipinski definition) is 5. The number of esters is 2. The zero-order chi connectivity index (χ0) is 19.1. The number of hydrogen-bond donors (Lipinski definition) is 0. The summed E-state index contributed by atoms with van der Waals surface area (Å²) < 4.78 is 16.4. The highest BCUT2D eigenvalue weighted by Crippen LogP contribution is 2.50. The van der Waals surface area contributed by atoms with Crippen LogP contribution in [0.5, 0.6) is 0 Å². The first-order chi connectivity index (χ1) is 12.1. The SMILES string of the molecule is C=C/C(=C\[C@@]1(C)CCCC(C)(C)C1)[C@@H]1C2OC(=O)C[C@H]1[C@H](OC(C)=O)O2. The predicted molar refractivity (Wildman–Crippen MR) is 96.8 cm³/mol. The summed E-state index contributed by atoms with van der Waals surface area (Å²) in [6, 6.07) is 0. The lowest BCUT2D eigenvalue weighted by atomic mass is 9.63. The van der Waals surface area contributed by atoms with E-state index in [4.69, 9.17) is 14.2 Å². The van der Waals surface area contributed by atoms with Gasteiger partial charge in [0.1, 0.15) is 0 Å². The van der Waals surface area contributed by atoms with Crippen LogP contribution >= 0.6 is 0 Å². The van der Waals surface area contributed by atoms with Gasteiger partial charge < -0.3 is 14.2 Å². The van der Waals surface area contributed by atoms with Crippen LogP contribution in [-0.2, 0) is 23.8 Å². The summed E-state index contributed by atoms with van der Waals surface area (Å²) in [5.74, 6) is -1.09. The smallest absolute Gasteiger partial charge is 0.308 e. The summed E-state index contributed by atoms with van der Waals surface area (Å²) in [6.07, 6.45) is 7.54. The first-order valence-electron chi connectivity index (χ1n) is 9.50. The van der Waals surface area contributed by atoms with Crippen LogP contribution in [0.2, 0.25) is 0 Å². The van der Waals surface area contributed by atoms with Crippen LogP contribution in [-0.4, -0.2) is 24.5 Å². The van der Waals surface area contributed by atoms with E-state index in [2.05, 4.69) is 33.4 Å². The van der Waals surface area contributed by atoms with Gasteiger partial charge in [-0.1, -0.05) is 45.9 Å². The molecule has 2 saturated heterocycles. The molecule has 2 heterocycles. The van der Waals surface area contributed by atoms with Gasteiger partial charge in [0.15, 0.2) is 0 Å². The highest BCUT2D eigenvalue weighted by molar-refractivity contribution is 5.72. The lowest BCUT2D eigenvalue weighted by Gasteiger charge is -2.42. The fourth-order valence-corrected chi connectivity index (χ4v) is 5.12. The van der Waals surface area contributed by atoms with Crippen molar-refractivity contribution in [1.29, 1.82) is 0 Å². The molecule has 26 heavy (non-hydrogen) atoms. The summed E-state index contributed by atoms with van der Waals surface area (Å²) in [4.78, 5) is 23.3. The van der Waals surface area contributed by atoms with Crippen molar-refractivity contribution in [2.45, 2.75) is 72.4 Å². The van der Waals surface area contributed by atoms with Gasteiger partial charge in [0.2, 0.25) is 12.6 Å². The molecule has 2 bridgehead atoms. The second-order valence-corrected chi connectivity index (χ2v) is 9.06. The van der Waals surface area contributed by atoms with Crippen molar-refractivity contribution < 1.29 is 23.8 Å². The van der Waals surface area contributed by atoms with Crippen LogP contribution in [0.3, 0.4) is 0 Å². The van der Waals surface area contributed by atoms with E-state index in [1.54, 1.807) is 0 Å². The standard InChI is InChI=1S/C21H30O5/c1-6-14(11-21(5)9-7-8-20(3,4)12-21)17-15-10-16(23)25-19(17)26-18(15)24-13(2)22/h6,11,15,17-19H,1,7-10,12H2,2-5H3/b14-11+/t15-,17+,18-,19?,21-/m1/s1. The van der Waals surface area contributed by atoms with E-state index in [1.165, 1.54) is 19.8 Å². The van der Waals surface area contributed by atoms with Crippen LogP contribution in [0.15, 0.2) is 24.3 Å². The van der Waals surface area contributed by atoms with Crippen LogP contribution < -0.4 is 0 Å².